The minimum atomic E-state index is -0.360. The number of hydrogen-bond acceptors (Lipinski definition) is 6. The molecule has 152 valence electrons. The summed E-state index contributed by atoms with van der Waals surface area (Å²) in [4.78, 5) is 32.3. The van der Waals surface area contributed by atoms with E-state index in [0.717, 1.165) is 42.7 Å². The maximum absolute atomic E-state index is 11.7. The van der Waals surface area contributed by atoms with Gasteiger partial charge >= 0.3 is 6.03 Å². The van der Waals surface area contributed by atoms with E-state index in [1.54, 1.807) is 0 Å². The van der Waals surface area contributed by atoms with Crippen LogP contribution in [-0.2, 0) is 11.2 Å². The lowest BCUT2D eigenvalue weighted by atomic mass is 10.2. The van der Waals surface area contributed by atoms with E-state index in [2.05, 4.69) is 25.9 Å². The van der Waals surface area contributed by atoms with Crippen LogP contribution >= 0.6 is 11.3 Å². The topological polar surface area (TPSA) is 148 Å². The summed E-state index contributed by atoms with van der Waals surface area (Å²) in [6.07, 6.45) is 4.80. The number of carbonyl (C=O) groups is 2. The number of nitrogens with zero attached hydrogens (tertiary/aromatic N) is 2. The standard InChI is InChI=1S/C17H31N7O2S/c1-3-14(25)20-9-5-4-6-10-22-17(26)24-15(18)21-11-7-8-13-12(2)23-16(19)27-13/h3-11H2,1-2H3,(H2,19,23)(H,20,25)(H4,18,21,22,24,26). The first-order chi connectivity index (χ1) is 12.9. The number of amides is 3. The quantitative estimate of drug-likeness (QED) is 0.217. The number of aryl methyl sites for hydroxylation is 2. The Bertz CT molecular complexity index is 631. The molecule has 3 amide bonds. The monoisotopic (exact) mass is 397 g/mol. The van der Waals surface area contributed by atoms with Crippen LogP contribution in [0, 0.1) is 6.92 Å². The Labute approximate surface area is 164 Å². The van der Waals surface area contributed by atoms with Gasteiger partial charge < -0.3 is 22.1 Å². The number of rotatable bonds is 11. The second kappa shape index (κ2) is 12.9. The lowest BCUT2D eigenvalue weighted by Crippen LogP contribution is -2.43. The number of aliphatic imine (C=N–C) groups is 1. The van der Waals surface area contributed by atoms with E-state index in [9.17, 15) is 9.59 Å². The van der Waals surface area contributed by atoms with E-state index in [1.165, 1.54) is 11.3 Å². The highest BCUT2D eigenvalue weighted by molar-refractivity contribution is 7.15. The molecule has 0 spiro atoms. The molecule has 1 rings (SSSR count). The summed E-state index contributed by atoms with van der Waals surface area (Å²) in [5, 5.41) is 8.64. The summed E-state index contributed by atoms with van der Waals surface area (Å²) in [6, 6.07) is -0.360. The third kappa shape index (κ3) is 10.4. The average Bonchev–Trinajstić information content (AvgIpc) is 2.94. The molecule has 10 heteroatoms. The van der Waals surface area contributed by atoms with Crippen molar-refractivity contribution in [3.8, 4) is 0 Å². The molecule has 1 heterocycles. The second-order valence-electron chi connectivity index (χ2n) is 6.08. The van der Waals surface area contributed by atoms with E-state index >= 15 is 0 Å². The predicted octanol–water partition coefficient (Wildman–Crippen LogP) is 1.28. The van der Waals surface area contributed by atoms with Crippen LogP contribution in [-0.4, -0.2) is 42.5 Å². The van der Waals surface area contributed by atoms with Gasteiger partial charge in [0.15, 0.2) is 11.1 Å². The summed E-state index contributed by atoms with van der Waals surface area (Å²) >= 11 is 1.49. The van der Waals surface area contributed by atoms with E-state index in [4.69, 9.17) is 11.5 Å². The summed E-state index contributed by atoms with van der Waals surface area (Å²) in [7, 11) is 0. The van der Waals surface area contributed by atoms with Gasteiger partial charge in [0.1, 0.15) is 0 Å². The molecule has 0 bridgehead atoms. The van der Waals surface area contributed by atoms with Gasteiger partial charge in [0.25, 0.3) is 0 Å². The minimum absolute atomic E-state index is 0.0635. The fraction of sp³-hybridized carbons (Fsp3) is 0.647. The highest BCUT2D eigenvalue weighted by Gasteiger charge is 2.05. The molecule has 0 aromatic carbocycles. The molecule has 0 aliphatic carbocycles. The van der Waals surface area contributed by atoms with Crippen molar-refractivity contribution in [3.05, 3.63) is 10.6 Å². The minimum Gasteiger partial charge on any atom is -0.375 e. The SMILES string of the molecule is CCC(=O)NCCCCCNC(=O)NC(N)=NCCCc1sc(N)nc1C. The van der Waals surface area contributed by atoms with E-state index in [-0.39, 0.29) is 17.9 Å². The maximum Gasteiger partial charge on any atom is 0.321 e. The van der Waals surface area contributed by atoms with E-state index < -0.39 is 0 Å². The number of aromatic nitrogens is 1. The summed E-state index contributed by atoms with van der Waals surface area (Å²) in [6.45, 7) is 5.50. The predicted molar refractivity (Wildman–Crippen MR) is 110 cm³/mol. The van der Waals surface area contributed by atoms with Crippen LogP contribution < -0.4 is 27.4 Å². The van der Waals surface area contributed by atoms with Gasteiger partial charge in [-0.3, -0.25) is 15.1 Å². The van der Waals surface area contributed by atoms with Crippen LogP contribution in [0.5, 0.6) is 0 Å². The lowest BCUT2D eigenvalue weighted by molar-refractivity contribution is -0.120. The summed E-state index contributed by atoms with van der Waals surface area (Å²) < 4.78 is 0. The number of nitrogens with one attached hydrogen (secondary N) is 3. The smallest absolute Gasteiger partial charge is 0.321 e. The van der Waals surface area contributed by atoms with E-state index in [1.807, 2.05) is 13.8 Å². The normalized spacial score (nSPS) is 11.3. The highest BCUT2D eigenvalue weighted by Crippen LogP contribution is 2.20. The molecule has 0 unspecified atom stereocenters. The fourth-order valence-corrected chi connectivity index (χ4v) is 3.18. The van der Waals surface area contributed by atoms with Crippen LogP contribution in [0.2, 0.25) is 0 Å². The number of nitrogen functional groups attached to an aromatic ring is 1. The molecule has 7 N–H and O–H groups in total. The van der Waals surface area contributed by atoms with Crippen molar-refractivity contribution >= 4 is 34.4 Å². The first kappa shape index (κ1) is 22.7. The van der Waals surface area contributed by atoms with Gasteiger partial charge in [-0.2, -0.15) is 0 Å². The van der Waals surface area contributed by atoms with Gasteiger partial charge in [-0.05, 0) is 39.0 Å². The zero-order valence-electron chi connectivity index (χ0n) is 16.1. The van der Waals surface area contributed by atoms with Crippen LogP contribution in [0.1, 0.15) is 49.6 Å². The zero-order chi connectivity index (χ0) is 20.1. The molecule has 0 radical (unpaired) electrons. The molecule has 0 saturated heterocycles. The first-order valence-corrected chi connectivity index (χ1v) is 10.1. The Hall–Kier alpha value is -2.36. The number of carbonyl (C=O) groups excluding carboxylic acids is 2. The molecular formula is C17H31N7O2S. The molecule has 0 aliphatic heterocycles. The average molecular weight is 398 g/mol. The number of hydrogen-bond donors (Lipinski definition) is 5. The second-order valence-corrected chi connectivity index (χ2v) is 7.19. The number of guanidine groups is 1. The molecule has 0 saturated carbocycles. The van der Waals surface area contributed by atoms with Crippen LogP contribution in [0.25, 0.3) is 0 Å². The highest BCUT2D eigenvalue weighted by atomic mass is 32.1. The Balaban J connectivity index is 2.07. The van der Waals surface area contributed by atoms with Crippen LogP contribution in [0.3, 0.4) is 0 Å². The Morgan fingerprint density at radius 1 is 1.15 bits per heavy atom. The Morgan fingerprint density at radius 2 is 1.85 bits per heavy atom. The molecule has 27 heavy (non-hydrogen) atoms. The van der Waals surface area contributed by atoms with Gasteiger partial charge in [-0.25, -0.2) is 9.78 Å². The van der Waals surface area contributed by atoms with E-state index in [0.29, 0.717) is 31.2 Å². The molecule has 0 aliphatic rings. The van der Waals surface area contributed by atoms with Crippen molar-refractivity contribution in [2.45, 2.75) is 52.4 Å². The maximum atomic E-state index is 11.7. The Morgan fingerprint density at radius 3 is 2.48 bits per heavy atom. The molecule has 1 aromatic heterocycles. The van der Waals surface area contributed by atoms with Gasteiger partial charge in [-0.15, -0.1) is 11.3 Å². The zero-order valence-corrected chi connectivity index (χ0v) is 17.0. The van der Waals surface area contributed by atoms with Crippen LogP contribution in [0.4, 0.5) is 9.93 Å². The molecule has 0 atom stereocenters. The number of unbranched alkanes of at least 4 members (excludes halogenated alkanes) is 2. The number of nitrogens with two attached hydrogens (primary N) is 2. The largest absolute Gasteiger partial charge is 0.375 e. The van der Waals surface area contributed by atoms with Gasteiger partial charge in [0.2, 0.25) is 5.91 Å². The van der Waals surface area contributed by atoms with Crippen molar-refractivity contribution in [1.82, 2.24) is 20.9 Å². The Kier molecular flexibility index (Phi) is 10.8. The van der Waals surface area contributed by atoms with Crippen molar-refractivity contribution in [2.24, 2.45) is 10.7 Å². The fourth-order valence-electron chi connectivity index (χ4n) is 2.30. The van der Waals surface area contributed by atoms with Crippen molar-refractivity contribution in [1.29, 1.82) is 0 Å². The lowest BCUT2D eigenvalue weighted by Gasteiger charge is -2.07. The third-order valence-corrected chi connectivity index (χ3v) is 4.82. The first-order valence-electron chi connectivity index (χ1n) is 9.25. The number of urea groups is 1. The molecule has 1 aromatic rings. The molecule has 9 nitrogen and oxygen atoms in total. The van der Waals surface area contributed by atoms with Crippen molar-refractivity contribution in [3.63, 3.8) is 0 Å². The third-order valence-electron chi connectivity index (χ3n) is 3.78. The number of thiazole rings is 1. The van der Waals surface area contributed by atoms with Gasteiger partial charge in [0.05, 0.1) is 5.69 Å². The van der Waals surface area contributed by atoms with Gasteiger partial charge in [0, 0.05) is 30.9 Å². The molecular weight excluding hydrogens is 366 g/mol. The summed E-state index contributed by atoms with van der Waals surface area (Å²) in [5.41, 5.74) is 12.3. The van der Waals surface area contributed by atoms with Crippen molar-refractivity contribution in [2.75, 3.05) is 25.4 Å². The number of anilines is 1. The van der Waals surface area contributed by atoms with Crippen LogP contribution in [0.15, 0.2) is 4.99 Å². The molecule has 0 fully saturated rings. The summed E-state index contributed by atoms with van der Waals surface area (Å²) in [5.74, 6) is 0.170. The van der Waals surface area contributed by atoms with Crippen molar-refractivity contribution < 1.29 is 9.59 Å². The van der Waals surface area contributed by atoms with Gasteiger partial charge in [-0.1, -0.05) is 6.92 Å².